The fraction of sp³-hybridized carbons (Fsp3) is 0.176. The molecule has 0 aromatic heterocycles. The zero-order valence-electron chi connectivity index (χ0n) is 12.8. The quantitative estimate of drug-likeness (QED) is 0.897. The smallest absolute Gasteiger partial charge is 0.387 e. The van der Waals surface area contributed by atoms with Crippen molar-refractivity contribution in [1.29, 1.82) is 0 Å². The van der Waals surface area contributed by atoms with Crippen LogP contribution in [0.15, 0.2) is 53.7 Å². The maximum absolute atomic E-state index is 13.2. The number of carbonyl (C=O) groups is 1. The first kappa shape index (κ1) is 16.8. The predicted octanol–water partition coefficient (Wildman–Crippen LogP) is 3.56. The first-order valence-electron chi connectivity index (χ1n) is 7.35. The Labute approximate surface area is 141 Å². The number of hydrogen-bond donors (Lipinski definition) is 1. The molecule has 0 fully saturated rings. The van der Waals surface area contributed by atoms with E-state index >= 15 is 0 Å². The van der Waals surface area contributed by atoms with E-state index in [4.69, 9.17) is 4.84 Å². The van der Waals surface area contributed by atoms with Crippen LogP contribution in [0.1, 0.15) is 12.0 Å². The molecule has 1 atom stereocenters. The molecule has 1 N–H and O–H groups in total. The van der Waals surface area contributed by atoms with Crippen LogP contribution >= 0.6 is 0 Å². The van der Waals surface area contributed by atoms with Gasteiger partial charge in [-0.2, -0.15) is 8.78 Å². The van der Waals surface area contributed by atoms with Crippen LogP contribution in [-0.4, -0.2) is 24.3 Å². The molecule has 2 aromatic carbocycles. The monoisotopic (exact) mass is 350 g/mol. The SMILES string of the molecule is O=C(Nc1ccc(OC(F)F)cc1)C1CC(c2cccc(F)c2)=NO1. The van der Waals surface area contributed by atoms with Crippen LogP contribution < -0.4 is 10.1 Å². The second-order valence-corrected chi connectivity index (χ2v) is 5.24. The zero-order chi connectivity index (χ0) is 17.8. The van der Waals surface area contributed by atoms with Gasteiger partial charge in [0.1, 0.15) is 11.6 Å². The van der Waals surface area contributed by atoms with E-state index < -0.39 is 24.4 Å². The highest BCUT2D eigenvalue weighted by atomic mass is 19.3. The number of anilines is 1. The number of ether oxygens (including phenoxy) is 1. The molecule has 0 saturated carbocycles. The van der Waals surface area contributed by atoms with Crippen LogP contribution in [0, 0.1) is 5.82 Å². The Balaban J connectivity index is 1.58. The highest BCUT2D eigenvalue weighted by Crippen LogP contribution is 2.21. The summed E-state index contributed by atoms with van der Waals surface area (Å²) in [4.78, 5) is 17.3. The van der Waals surface area contributed by atoms with E-state index in [0.717, 1.165) is 0 Å². The summed E-state index contributed by atoms with van der Waals surface area (Å²) in [5, 5.41) is 6.42. The van der Waals surface area contributed by atoms with Gasteiger partial charge in [0, 0.05) is 17.7 Å². The largest absolute Gasteiger partial charge is 0.435 e. The van der Waals surface area contributed by atoms with E-state index in [1.807, 2.05) is 0 Å². The molecule has 25 heavy (non-hydrogen) atoms. The molecule has 130 valence electrons. The Bertz CT molecular complexity index is 794. The lowest BCUT2D eigenvalue weighted by atomic mass is 10.0. The Morgan fingerprint density at radius 1 is 1.24 bits per heavy atom. The number of nitrogens with one attached hydrogen (secondary N) is 1. The number of alkyl halides is 2. The van der Waals surface area contributed by atoms with Gasteiger partial charge in [0.25, 0.3) is 5.91 Å². The topological polar surface area (TPSA) is 59.9 Å². The molecule has 1 heterocycles. The van der Waals surface area contributed by atoms with Gasteiger partial charge in [-0.15, -0.1) is 0 Å². The van der Waals surface area contributed by atoms with Gasteiger partial charge in [-0.25, -0.2) is 4.39 Å². The van der Waals surface area contributed by atoms with E-state index in [1.54, 1.807) is 12.1 Å². The van der Waals surface area contributed by atoms with Crippen LogP contribution in [0.4, 0.5) is 18.9 Å². The average Bonchev–Trinajstić information content (AvgIpc) is 3.06. The summed E-state index contributed by atoms with van der Waals surface area (Å²) >= 11 is 0. The highest BCUT2D eigenvalue weighted by Gasteiger charge is 2.29. The van der Waals surface area contributed by atoms with Gasteiger partial charge >= 0.3 is 6.61 Å². The van der Waals surface area contributed by atoms with Gasteiger partial charge in [0.2, 0.25) is 6.10 Å². The normalized spacial score (nSPS) is 16.3. The van der Waals surface area contributed by atoms with Gasteiger partial charge in [-0.05, 0) is 36.4 Å². The maximum Gasteiger partial charge on any atom is 0.387 e. The summed E-state index contributed by atoms with van der Waals surface area (Å²) in [7, 11) is 0. The van der Waals surface area contributed by atoms with E-state index in [9.17, 15) is 18.0 Å². The van der Waals surface area contributed by atoms with E-state index in [2.05, 4.69) is 15.2 Å². The molecule has 1 amide bonds. The van der Waals surface area contributed by atoms with E-state index in [1.165, 1.54) is 36.4 Å². The molecule has 1 aliphatic rings. The lowest BCUT2D eigenvalue weighted by Gasteiger charge is -2.10. The van der Waals surface area contributed by atoms with Crippen LogP contribution in [0.25, 0.3) is 0 Å². The van der Waals surface area contributed by atoms with Crippen molar-refractivity contribution in [2.24, 2.45) is 5.16 Å². The zero-order valence-corrected chi connectivity index (χ0v) is 12.8. The number of carbonyl (C=O) groups excluding carboxylic acids is 1. The van der Waals surface area contributed by atoms with E-state index in [0.29, 0.717) is 17.0 Å². The minimum Gasteiger partial charge on any atom is -0.435 e. The standard InChI is InChI=1S/C17H13F3N2O3/c18-11-3-1-2-10(8-11)14-9-15(25-22-14)16(23)21-12-4-6-13(7-5-12)24-17(19)20/h1-8,15,17H,9H2,(H,21,23). The summed E-state index contributed by atoms with van der Waals surface area (Å²) in [6, 6.07) is 11.3. The lowest BCUT2D eigenvalue weighted by Crippen LogP contribution is -2.28. The fourth-order valence-corrected chi connectivity index (χ4v) is 2.30. The number of halogens is 3. The average molecular weight is 350 g/mol. The molecular weight excluding hydrogens is 337 g/mol. The minimum atomic E-state index is -2.91. The predicted molar refractivity (Wildman–Crippen MR) is 84.1 cm³/mol. The number of hydrogen-bond acceptors (Lipinski definition) is 4. The molecule has 1 unspecified atom stereocenters. The third-order valence-electron chi connectivity index (χ3n) is 3.47. The van der Waals surface area contributed by atoms with Crippen molar-refractivity contribution in [3.63, 3.8) is 0 Å². The van der Waals surface area contributed by atoms with Crippen LogP contribution in [0.3, 0.4) is 0 Å². The first-order chi connectivity index (χ1) is 12.0. The summed E-state index contributed by atoms with van der Waals surface area (Å²) < 4.78 is 41.7. The molecule has 0 radical (unpaired) electrons. The maximum atomic E-state index is 13.2. The lowest BCUT2D eigenvalue weighted by molar-refractivity contribution is -0.125. The third kappa shape index (κ3) is 4.28. The number of rotatable bonds is 5. The van der Waals surface area contributed by atoms with Gasteiger partial charge in [0.15, 0.2) is 0 Å². The van der Waals surface area contributed by atoms with Crippen LogP contribution in [0.2, 0.25) is 0 Å². The van der Waals surface area contributed by atoms with E-state index in [-0.39, 0.29) is 12.2 Å². The molecule has 0 aliphatic carbocycles. The summed E-state index contributed by atoms with van der Waals surface area (Å²) in [6.07, 6.45) is -0.655. The van der Waals surface area contributed by atoms with Crippen molar-refractivity contribution in [3.8, 4) is 5.75 Å². The number of benzene rings is 2. The molecule has 1 aliphatic heterocycles. The number of amides is 1. The number of nitrogens with zero attached hydrogens (tertiary/aromatic N) is 1. The van der Waals surface area contributed by atoms with Crippen LogP contribution in [-0.2, 0) is 9.63 Å². The molecule has 3 rings (SSSR count). The summed E-state index contributed by atoms with van der Waals surface area (Å²) in [5.41, 5.74) is 1.42. The molecule has 2 aromatic rings. The van der Waals surface area contributed by atoms with Crippen molar-refractivity contribution in [3.05, 3.63) is 59.9 Å². The molecule has 0 bridgehead atoms. The van der Waals surface area contributed by atoms with Gasteiger partial charge in [0.05, 0.1) is 5.71 Å². The van der Waals surface area contributed by atoms with Crippen molar-refractivity contribution < 1.29 is 27.5 Å². The van der Waals surface area contributed by atoms with Crippen molar-refractivity contribution in [2.45, 2.75) is 19.1 Å². The van der Waals surface area contributed by atoms with Crippen molar-refractivity contribution in [1.82, 2.24) is 0 Å². The molecule has 0 saturated heterocycles. The molecule has 0 spiro atoms. The molecule has 8 heteroatoms. The van der Waals surface area contributed by atoms with Crippen molar-refractivity contribution >= 4 is 17.3 Å². The molecular formula is C17H13F3N2O3. The van der Waals surface area contributed by atoms with Crippen molar-refractivity contribution in [2.75, 3.05) is 5.32 Å². The first-order valence-corrected chi connectivity index (χ1v) is 7.35. The minimum absolute atomic E-state index is 0.0122. The number of oxime groups is 1. The Hall–Kier alpha value is -3.03. The van der Waals surface area contributed by atoms with Gasteiger partial charge < -0.3 is 14.9 Å². The second-order valence-electron chi connectivity index (χ2n) is 5.24. The third-order valence-corrected chi connectivity index (χ3v) is 3.47. The Kier molecular flexibility index (Phi) is 4.87. The van der Waals surface area contributed by atoms with Crippen LogP contribution in [0.5, 0.6) is 5.75 Å². The summed E-state index contributed by atoms with van der Waals surface area (Å²) in [6.45, 7) is -2.91. The molecule has 5 nitrogen and oxygen atoms in total. The Morgan fingerprint density at radius 2 is 2.00 bits per heavy atom. The summed E-state index contributed by atoms with van der Waals surface area (Å²) in [5.74, 6) is -0.862. The van der Waals surface area contributed by atoms with Gasteiger partial charge in [-0.3, -0.25) is 4.79 Å². The van der Waals surface area contributed by atoms with Gasteiger partial charge in [-0.1, -0.05) is 17.3 Å². The second kappa shape index (κ2) is 7.25. The fourth-order valence-electron chi connectivity index (χ4n) is 2.30. The Morgan fingerprint density at radius 3 is 2.68 bits per heavy atom. The highest BCUT2D eigenvalue weighted by molar-refractivity contribution is 6.06.